The summed E-state index contributed by atoms with van der Waals surface area (Å²) in [6.45, 7) is 6.91. The fourth-order valence-corrected chi connectivity index (χ4v) is 8.27. The van der Waals surface area contributed by atoms with E-state index in [9.17, 15) is 0 Å². The van der Waals surface area contributed by atoms with Crippen LogP contribution < -0.4 is 0 Å². The second-order valence-electron chi connectivity index (χ2n) is 9.55. The first-order valence-corrected chi connectivity index (χ1v) is 15.9. The molecule has 3 aromatic rings. The van der Waals surface area contributed by atoms with Crippen LogP contribution in [0.3, 0.4) is 0 Å². The van der Waals surface area contributed by atoms with Crippen LogP contribution in [0.2, 0.25) is 0 Å². The molecule has 178 valence electrons. The van der Waals surface area contributed by atoms with E-state index in [0.717, 1.165) is 6.42 Å². The predicted molar refractivity (Wildman–Crippen MR) is 154 cm³/mol. The van der Waals surface area contributed by atoms with Gasteiger partial charge in [-0.05, 0) is 71.9 Å². The van der Waals surface area contributed by atoms with Crippen LogP contribution in [-0.2, 0) is 12.8 Å². The van der Waals surface area contributed by atoms with Crippen molar-refractivity contribution in [3.63, 3.8) is 0 Å². The quantitative estimate of drug-likeness (QED) is 0.212. The molecule has 1 atom stereocenters. The Morgan fingerprint density at radius 3 is 2.39 bits per heavy atom. The largest absolute Gasteiger partial charge is 0.148 e. The Hall–Kier alpha value is -1.03. The molecule has 0 saturated heterocycles. The number of aryl methyl sites for hydroxylation is 2. The summed E-state index contributed by atoms with van der Waals surface area (Å²) >= 11 is 5.98. The summed E-state index contributed by atoms with van der Waals surface area (Å²) in [7, 11) is 0. The van der Waals surface area contributed by atoms with Crippen LogP contribution in [0.4, 0.5) is 0 Å². The van der Waals surface area contributed by atoms with Gasteiger partial charge in [0.15, 0.2) is 0 Å². The van der Waals surface area contributed by atoms with Crippen molar-refractivity contribution in [2.75, 3.05) is 0 Å². The Morgan fingerprint density at radius 2 is 1.64 bits per heavy atom. The van der Waals surface area contributed by atoms with E-state index >= 15 is 0 Å². The lowest BCUT2D eigenvalue weighted by atomic mass is 9.94. The summed E-state index contributed by atoms with van der Waals surface area (Å²) < 4.78 is 0. The zero-order chi connectivity index (χ0) is 23.0. The number of hydrogen-bond donors (Lipinski definition) is 0. The molecule has 0 N–H and O–H groups in total. The lowest BCUT2D eigenvalue weighted by Crippen LogP contribution is -1.94. The topological polar surface area (TPSA) is 0 Å². The molecule has 1 aliphatic rings. The van der Waals surface area contributed by atoms with Gasteiger partial charge < -0.3 is 0 Å². The highest BCUT2D eigenvalue weighted by molar-refractivity contribution is 8.02. The highest BCUT2D eigenvalue weighted by Crippen LogP contribution is 2.49. The Labute approximate surface area is 213 Å². The Bertz CT molecular complexity index is 1050. The van der Waals surface area contributed by atoms with Crippen molar-refractivity contribution in [3.05, 3.63) is 55.9 Å². The van der Waals surface area contributed by atoms with Crippen LogP contribution in [0.15, 0.2) is 39.9 Å². The number of rotatable bonds is 13. The van der Waals surface area contributed by atoms with Gasteiger partial charge in [-0.2, -0.15) is 0 Å². The first-order chi connectivity index (χ1) is 16.2. The maximum absolute atomic E-state index is 2.48. The smallest absolute Gasteiger partial charge is 0.0382 e. The lowest BCUT2D eigenvalue weighted by Gasteiger charge is -2.15. The van der Waals surface area contributed by atoms with Crippen LogP contribution in [-0.4, -0.2) is 0 Å². The second kappa shape index (κ2) is 12.6. The minimum atomic E-state index is 0.597. The van der Waals surface area contributed by atoms with Gasteiger partial charge in [0.05, 0.1) is 0 Å². The Kier molecular flexibility index (Phi) is 9.58. The number of fused-ring (bicyclic) bond motifs is 1. The first kappa shape index (κ1) is 25.1. The fourth-order valence-electron chi connectivity index (χ4n) is 5.04. The van der Waals surface area contributed by atoms with Gasteiger partial charge in [-0.1, -0.05) is 77.0 Å². The monoisotopic (exact) mass is 496 g/mol. The van der Waals surface area contributed by atoms with E-state index < -0.39 is 0 Å². The molecule has 1 unspecified atom stereocenters. The van der Waals surface area contributed by atoms with Gasteiger partial charge in [0, 0.05) is 31.3 Å². The number of unbranched alkanes of at least 4 members (excludes halogenated alkanes) is 6. The molecule has 1 aliphatic heterocycles. The molecule has 2 aromatic heterocycles. The van der Waals surface area contributed by atoms with E-state index in [1.165, 1.54) is 92.0 Å². The summed E-state index contributed by atoms with van der Waals surface area (Å²) in [5.41, 5.74) is 6.23. The number of hydrogen-bond acceptors (Lipinski definition) is 3. The second-order valence-corrected chi connectivity index (χ2v) is 12.5. The van der Waals surface area contributed by atoms with Gasteiger partial charge in [-0.3, -0.25) is 0 Å². The minimum Gasteiger partial charge on any atom is -0.148 e. The third kappa shape index (κ3) is 6.16. The summed E-state index contributed by atoms with van der Waals surface area (Å²) in [5, 5.41) is 11.0. The fraction of sp³-hybridized carbons (Fsp3) is 0.533. The Morgan fingerprint density at radius 1 is 0.848 bits per heavy atom. The zero-order valence-electron chi connectivity index (χ0n) is 20.8. The number of thiophene rings is 2. The number of allylic oxidation sites excluding steroid dienone is 1. The summed E-state index contributed by atoms with van der Waals surface area (Å²) in [4.78, 5) is 3.02. The molecule has 0 aliphatic carbocycles. The minimum absolute atomic E-state index is 0.597. The summed E-state index contributed by atoms with van der Waals surface area (Å²) in [6, 6.07) is 7.36. The molecule has 0 amide bonds. The van der Waals surface area contributed by atoms with E-state index in [2.05, 4.69) is 66.9 Å². The average molecular weight is 497 g/mol. The zero-order valence-corrected chi connectivity index (χ0v) is 23.2. The van der Waals surface area contributed by atoms with Crippen LogP contribution in [0.1, 0.15) is 106 Å². The van der Waals surface area contributed by atoms with Crippen LogP contribution in [0.5, 0.6) is 0 Å². The van der Waals surface area contributed by atoms with Crippen molar-refractivity contribution in [3.8, 4) is 10.4 Å². The average Bonchev–Trinajstić information content (AvgIpc) is 3.59. The lowest BCUT2D eigenvalue weighted by molar-refractivity contribution is 0.655. The van der Waals surface area contributed by atoms with E-state index in [-0.39, 0.29) is 0 Å². The van der Waals surface area contributed by atoms with Crippen LogP contribution in [0, 0.1) is 0 Å². The normalized spacial score (nSPS) is 16.1. The molecule has 0 spiro atoms. The van der Waals surface area contributed by atoms with Crippen molar-refractivity contribution in [1.82, 2.24) is 0 Å². The van der Waals surface area contributed by atoms with E-state index in [1.54, 1.807) is 21.4 Å². The SMILES string of the molecule is CCCCCCC1=CSC(c2ccc(-c3cc(CCCCCC)cs3)c3csc(CC)c23)C1. The maximum atomic E-state index is 2.48. The molecule has 1 aromatic carbocycles. The highest BCUT2D eigenvalue weighted by atomic mass is 32.2. The van der Waals surface area contributed by atoms with Gasteiger partial charge in [0.25, 0.3) is 0 Å². The molecule has 33 heavy (non-hydrogen) atoms. The van der Waals surface area contributed by atoms with Crippen molar-refractivity contribution in [2.45, 2.75) is 103 Å². The molecule has 0 nitrogen and oxygen atoms in total. The molecule has 4 rings (SSSR count). The molecular weight excluding hydrogens is 457 g/mol. The molecular formula is C30H40S3. The molecule has 0 radical (unpaired) electrons. The molecule has 3 heterocycles. The number of benzene rings is 1. The Balaban J connectivity index is 1.52. The van der Waals surface area contributed by atoms with Crippen molar-refractivity contribution < 1.29 is 0 Å². The third-order valence-electron chi connectivity index (χ3n) is 6.98. The van der Waals surface area contributed by atoms with Crippen LogP contribution in [0.25, 0.3) is 21.2 Å². The van der Waals surface area contributed by atoms with Crippen molar-refractivity contribution in [1.29, 1.82) is 0 Å². The number of thioether (sulfide) groups is 1. The van der Waals surface area contributed by atoms with Gasteiger partial charge >= 0.3 is 0 Å². The third-order valence-corrected chi connectivity index (χ3v) is 10.3. The highest BCUT2D eigenvalue weighted by Gasteiger charge is 2.24. The van der Waals surface area contributed by atoms with Crippen molar-refractivity contribution in [2.24, 2.45) is 0 Å². The summed E-state index contributed by atoms with van der Waals surface area (Å²) in [6.07, 6.45) is 15.7. The predicted octanol–water partition coefficient (Wildman–Crippen LogP) is 11.3. The van der Waals surface area contributed by atoms with E-state index in [4.69, 9.17) is 0 Å². The van der Waals surface area contributed by atoms with Gasteiger partial charge in [-0.15, -0.1) is 34.4 Å². The molecule has 0 saturated carbocycles. The van der Waals surface area contributed by atoms with Crippen LogP contribution >= 0.6 is 34.4 Å². The molecule has 0 bridgehead atoms. The van der Waals surface area contributed by atoms with Gasteiger partial charge in [0.1, 0.15) is 0 Å². The molecule has 0 fully saturated rings. The standard InChI is InChI=1S/C30H40S3/c1-4-7-9-11-13-22-17-28(31-19-22)24-15-16-25(30-26(24)21-33-27(30)6-3)29-18-23(20-32-29)14-12-10-8-5-2/h15-17,19-21,29H,4-14,18H2,1-3H3. The van der Waals surface area contributed by atoms with Gasteiger partial charge in [0.2, 0.25) is 0 Å². The summed E-state index contributed by atoms with van der Waals surface area (Å²) in [5.74, 6) is 0. The maximum Gasteiger partial charge on any atom is 0.0382 e. The van der Waals surface area contributed by atoms with E-state index in [0.29, 0.717) is 5.25 Å². The molecule has 3 heteroatoms. The van der Waals surface area contributed by atoms with E-state index in [1.807, 2.05) is 22.7 Å². The van der Waals surface area contributed by atoms with Crippen molar-refractivity contribution >= 4 is 45.2 Å². The first-order valence-electron chi connectivity index (χ1n) is 13.2. The van der Waals surface area contributed by atoms with Gasteiger partial charge in [-0.25, -0.2) is 0 Å².